The van der Waals surface area contributed by atoms with Gasteiger partial charge in [-0.25, -0.2) is 9.18 Å². The maximum absolute atomic E-state index is 14.7. The highest BCUT2D eigenvalue weighted by Gasteiger charge is 2.26. The van der Waals surface area contributed by atoms with Gasteiger partial charge in [-0.15, -0.1) is 0 Å². The van der Waals surface area contributed by atoms with Crippen LogP contribution < -0.4 is 4.74 Å². The van der Waals surface area contributed by atoms with Crippen molar-refractivity contribution in [3.63, 3.8) is 0 Å². The summed E-state index contributed by atoms with van der Waals surface area (Å²) in [5, 5.41) is 4.02. The molecule has 1 aromatic heterocycles. The fourth-order valence-corrected chi connectivity index (χ4v) is 2.46. The highest BCUT2D eigenvalue weighted by atomic mass is 79.9. The molecule has 0 unspecified atom stereocenters. The second-order valence-corrected chi connectivity index (χ2v) is 5.31. The first-order valence-corrected chi connectivity index (χ1v) is 7.60. The summed E-state index contributed by atoms with van der Waals surface area (Å²) in [6.45, 7) is 4.04. The van der Waals surface area contributed by atoms with Gasteiger partial charge in [0.25, 0.3) is 0 Å². The van der Waals surface area contributed by atoms with Gasteiger partial charge in [-0.3, -0.25) is 4.68 Å². The number of carbonyl (C=O) groups excluding carboxylic acids is 1. The van der Waals surface area contributed by atoms with Gasteiger partial charge in [-0.05, 0) is 32.0 Å². The molecule has 0 aliphatic carbocycles. The Labute approximate surface area is 136 Å². The third-order valence-corrected chi connectivity index (χ3v) is 3.57. The number of aromatic nitrogens is 2. The predicted molar refractivity (Wildman–Crippen MR) is 83.5 cm³/mol. The van der Waals surface area contributed by atoms with Crippen molar-refractivity contribution in [1.29, 1.82) is 0 Å². The highest BCUT2D eigenvalue weighted by Crippen LogP contribution is 2.35. The molecule has 0 bridgehead atoms. The number of hydrogen-bond donors (Lipinski definition) is 0. The molecule has 0 atom stereocenters. The van der Waals surface area contributed by atoms with Crippen LogP contribution in [0.5, 0.6) is 5.75 Å². The first-order valence-electron chi connectivity index (χ1n) is 6.80. The molecule has 0 saturated carbocycles. The van der Waals surface area contributed by atoms with E-state index in [2.05, 4.69) is 21.0 Å². The van der Waals surface area contributed by atoms with Crippen molar-refractivity contribution in [2.75, 3.05) is 13.7 Å². The number of methoxy groups -OCH3 is 1. The Morgan fingerprint density at radius 1 is 1.41 bits per heavy atom. The average molecular weight is 371 g/mol. The van der Waals surface area contributed by atoms with Crippen LogP contribution in [0.3, 0.4) is 0 Å². The van der Waals surface area contributed by atoms with E-state index >= 15 is 0 Å². The molecule has 0 amide bonds. The maximum atomic E-state index is 14.7. The molecule has 0 aliphatic rings. The van der Waals surface area contributed by atoms with E-state index in [9.17, 15) is 9.18 Å². The number of ether oxygens (including phenoxy) is 2. The summed E-state index contributed by atoms with van der Waals surface area (Å²) in [6, 6.07) is 5.21. The van der Waals surface area contributed by atoms with Gasteiger partial charge in [0.15, 0.2) is 5.82 Å². The van der Waals surface area contributed by atoms with Crippen molar-refractivity contribution < 1.29 is 18.7 Å². The maximum Gasteiger partial charge on any atom is 0.361 e. The first-order chi connectivity index (χ1) is 10.5. The number of hydrogen-bond acceptors (Lipinski definition) is 4. The van der Waals surface area contributed by atoms with Crippen molar-refractivity contribution in [3.8, 4) is 17.0 Å². The second-order valence-electron chi connectivity index (χ2n) is 4.39. The monoisotopic (exact) mass is 370 g/mol. The topological polar surface area (TPSA) is 53.3 Å². The van der Waals surface area contributed by atoms with Crippen molar-refractivity contribution in [1.82, 2.24) is 9.78 Å². The van der Waals surface area contributed by atoms with E-state index in [1.54, 1.807) is 25.1 Å². The molecule has 1 heterocycles. The Bertz CT molecular complexity index is 700. The van der Waals surface area contributed by atoms with Crippen LogP contribution in [0.15, 0.2) is 22.7 Å². The molecule has 0 radical (unpaired) electrons. The zero-order valence-electron chi connectivity index (χ0n) is 12.5. The van der Waals surface area contributed by atoms with E-state index in [0.29, 0.717) is 17.9 Å². The van der Waals surface area contributed by atoms with Crippen LogP contribution in [0.2, 0.25) is 0 Å². The molecule has 2 rings (SSSR count). The molecule has 0 saturated heterocycles. The molecule has 5 nitrogen and oxygen atoms in total. The van der Waals surface area contributed by atoms with Crippen LogP contribution in [0, 0.1) is 5.82 Å². The molecule has 0 fully saturated rings. The smallest absolute Gasteiger partial charge is 0.361 e. The van der Waals surface area contributed by atoms with Gasteiger partial charge in [0.1, 0.15) is 11.4 Å². The number of halogens is 2. The van der Waals surface area contributed by atoms with Crippen LogP contribution in [-0.4, -0.2) is 29.5 Å². The van der Waals surface area contributed by atoms with Gasteiger partial charge in [0.05, 0.1) is 13.7 Å². The number of rotatable bonds is 5. The lowest BCUT2D eigenvalue weighted by atomic mass is 10.1. The zero-order chi connectivity index (χ0) is 16.3. The summed E-state index contributed by atoms with van der Waals surface area (Å²) >= 11 is 3.34. The van der Waals surface area contributed by atoms with Crippen LogP contribution in [0.4, 0.5) is 4.39 Å². The lowest BCUT2D eigenvalue weighted by Gasteiger charge is -2.10. The molecule has 0 N–H and O–H groups in total. The summed E-state index contributed by atoms with van der Waals surface area (Å²) in [5.74, 6) is -0.997. The zero-order valence-corrected chi connectivity index (χ0v) is 14.1. The number of nitrogens with zero attached hydrogens (tertiary/aromatic N) is 2. The second kappa shape index (κ2) is 6.91. The third-order valence-electron chi connectivity index (χ3n) is 3.08. The van der Waals surface area contributed by atoms with Gasteiger partial charge >= 0.3 is 5.97 Å². The molecular weight excluding hydrogens is 355 g/mol. The van der Waals surface area contributed by atoms with Gasteiger partial charge < -0.3 is 9.47 Å². The standard InChI is InChI=1S/C15H16BrFN2O3/c1-4-19-14(10-7-6-9(16)8-11(10)21-3)12(17)13(18-19)15(20)22-5-2/h6-8H,4-5H2,1-3H3. The van der Waals surface area contributed by atoms with E-state index in [1.165, 1.54) is 11.8 Å². The quantitative estimate of drug-likeness (QED) is 0.753. The normalized spacial score (nSPS) is 10.6. The molecular formula is C15H16BrFN2O3. The highest BCUT2D eigenvalue weighted by molar-refractivity contribution is 9.10. The minimum Gasteiger partial charge on any atom is -0.496 e. The molecule has 0 spiro atoms. The predicted octanol–water partition coefficient (Wildman–Crippen LogP) is 3.66. The lowest BCUT2D eigenvalue weighted by Crippen LogP contribution is -2.08. The average Bonchev–Trinajstić information content (AvgIpc) is 2.84. The molecule has 0 aliphatic heterocycles. The van der Waals surface area contributed by atoms with E-state index in [0.717, 1.165) is 4.47 Å². The van der Waals surface area contributed by atoms with Crippen LogP contribution in [-0.2, 0) is 11.3 Å². The summed E-state index contributed by atoms with van der Waals surface area (Å²) < 4.78 is 27.1. The van der Waals surface area contributed by atoms with Gasteiger partial charge in [0.2, 0.25) is 5.69 Å². The summed E-state index contributed by atoms with van der Waals surface area (Å²) in [6.07, 6.45) is 0. The fraction of sp³-hybridized carbons (Fsp3) is 0.333. The molecule has 7 heteroatoms. The van der Waals surface area contributed by atoms with Gasteiger partial charge in [-0.2, -0.15) is 5.10 Å². The van der Waals surface area contributed by atoms with Crippen molar-refractivity contribution in [2.45, 2.75) is 20.4 Å². The SMILES string of the molecule is CCOC(=O)c1nn(CC)c(-c2ccc(Br)cc2OC)c1F. The summed E-state index contributed by atoms with van der Waals surface area (Å²) in [5.41, 5.74) is 0.409. The van der Waals surface area contributed by atoms with Crippen LogP contribution in [0.1, 0.15) is 24.3 Å². The van der Waals surface area contributed by atoms with E-state index in [4.69, 9.17) is 9.47 Å². The van der Waals surface area contributed by atoms with E-state index in [-0.39, 0.29) is 18.0 Å². The van der Waals surface area contributed by atoms with Crippen molar-refractivity contribution >= 4 is 21.9 Å². The number of carbonyl (C=O) groups is 1. The summed E-state index contributed by atoms with van der Waals surface area (Å²) in [7, 11) is 1.50. The van der Waals surface area contributed by atoms with Gasteiger partial charge in [0, 0.05) is 16.6 Å². The molecule has 22 heavy (non-hydrogen) atoms. The minimum atomic E-state index is -0.774. The Kier molecular flexibility index (Phi) is 5.18. The molecule has 118 valence electrons. The lowest BCUT2D eigenvalue weighted by molar-refractivity contribution is 0.0513. The van der Waals surface area contributed by atoms with E-state index < -0.39 is 11.8 Å². The Balaban J connectivity index is 2.62. The van der Waals surface area contributed by atoms with Crippen molar-refractivity contribution in [3.05, 3.63) is 34.2 Å². The third kappa shape index (κ3) is 2.99. The molecule has 1 aromatic carbocycles. The van der Waals surface area contributed by atoms with Crippen LogP contribution >= 0.6 is 15.9 Å². The number of esters is 1. The number of aryl methyl sites for hydroxylation is 1. The largest absolute Gasteiger partial charge is 0.496 e. The van der Waals surface area contributed by atoms with Gasteiger partial charge in [-0.1, -0.05) is 15.9 Å². The Morgan fingerprint density at radius 2 is 2.14 bits per heavy atom. The molecule has 2 aromatic rings. The first kappa shape index (κ1) is 16.5. The Morgan fingerprint density at radius 3 is 2.73 bits per heavy atom. The fourth-order valence-electron chi connectivity index (χ4n) is 2.12. The Hall–Kier alpha value is -1.89. The van der Waals surface area contributed by atoms with Crippen molar-refractivity contribution in [2.24, 2.45) is 0 Å². The van der Waals surface area contributed by atoms with Crippen LogP contribution in [0.25, 0.3) is 11.3 Å². The van der Waals surface area contributed by atoms with E-state index in [1.807, 2.05) is 6.92 Å². The number of benzene rings is 1. The summed E-state index contributed by atoms with van der Waals surface area (Å²) in [4.78, 5) is 11.8. The minimum absolute atomic E-state index is 0.161.